The fraction of sp³-hybridized carbons (Fsp3) is 0.344. The van der Waals surface area contributed by atoms with Crippen molar-refractivity contribution in [2.75, 3.05) is 13.7 Å². The number of hydrogen-bond acceptors (Lipinski definition) is 7. The smallest absolute Gasteiger partial charge is 0.416 e. The van der Waals surface area contributed by atoms with Crippen molar-refractivity contribution in [1.82, 2.24) is 25.1 Å². The van der Waals surface area contributed by atoms with Crippen LogP contribution in [0.4, 0.5) is 26.3 Å². The van der Waals surface area contributed by atoms with E-state index in [9.17, 15) is 27.6 Å². The average Bonchev–Trinajstić information content (AvgIpc) is 3.36. The second kappa shape index (κ2) is 14.7. The van der Waals surface area contributed by atoms with Gasteiger partial charge in [0.15, 0.2) is 11.3 Å². The lowest BCUT2D eigenvalue weighted by Gasteiger charge is -2.36. The van der Waals surface area contributed by atoms with Gasteiger partial charge in [0.25, 0.3) is 0 Å². The zero-order valence-electron chi connectivity index (χ0n) is 25.8. The lowest BCUT2D eigenvalue weighted by Crippen LogP contribution is -2.58. The summed E-state index contributed by atoms with van der Waals surface area (Å²) in [4.78, 5) is 39.4. The highest BCUT2D eigenvalue weighted by Gasteiger charge is 2.58. The molecular weight excluding hydrogens is 648 g/mol. The number of ketones is 1. The number of aryl methyl sites for hydroxylation is 1. The number of methoxy groups -OCH3 is 1. The van der Waals surface area contributed by atoms with Gasteiger partial charge < -0.3 is 14.8 Å². The molecule has 0 bridgehead atoms. The van der Waals surface area contributed by atoms with E-state index >= 15 is 13.2 Å². The summed E-state index contributed by atoms with van der Waals surface area (Å²) in [6, 6.07) is 16.6. The summed E-state index contributed by atoms with van der Waals surface area (Å²) in [6.07, 6.45) is -12.4. The molecule has 1 atom stereocenters. The largest absolute Gasteiger partial charge is 0.497 e. The summed E-state index contributed by atoms with van der Waals surface area (Å²) in [7, 11) is 1.48. The average molecular weight is 680 g/mol. The maximum Gasteiger partial charge on any atom is 0.416 e. The van der Waals surface area contributed by atoms with E-state index in [-0.39, 0.29) is 30.9 Å². The summed E-state index contributed by atoms with van der Waals surface area (Å²) in [5.74, 6) is -1.69. The van der Waals surface area contributed by atoms with Gasteiger partial charge in [0.2, 0.25) is 5.91 Å². The third-order valence-corrected chi connectivity index (χ3v) is 7.34. The van der Waals surface area contributed by atoms with Crippen molar-refractivity contribution in [3.05, 3.63) is 106 Å². The van der Waals surface area contributed by atoms with E-state index in [4.69, 9.17) is 9.47 Å². The first-order chi connectivity index (χ1) is 22.6. The first kappa shape index (κ1) is 35.7. The number of carbonyl (C=O) groups excluding carboxylic acids is 2. The number of Topliss-reactive ketones (excluding diaryl/α,β-unsaturated/α-hetero) is 1. The Hall–Kier alpha value is -5.15. The number of nitrogens with one attached hydrogen (secondary N) is 1. The molecule has 4 aromatic rings. The Kier molecular flexibility index (Phi) is 11.0. The lowest BCUT2D eigenvalue weighted by atomic mass is 9.82. The summed E-state index contributed by atoms with van der Waals surface area (Å²) < 4.78 is 94.6. The van der Waals surface area contributed by atoms with Gasteiger partial charge in [0.05, 0.1) is 20.3 Å². The second-order valence-corrected chi connectivity index (χ2v) is 10.9. The Morgan fingerprint density at radius 2 is 1.44 bits per heavy atom. The molecule has 256 valence electrons. The molecule has 0 aliphatic rings. The molecule has 10 nitrogen and oxygen atoms in total. The van der Waals surface area contributed by atoms with Crippen LogP contribution in [0.1, 0.15) is 46.3 Å². The number of amides is 1. The van der Waals surface area contributed by atoms with Crippen LogP contribution in [0.5, 0.6) is 11.5 Å². The van der Waals surface area contributed by atoms with Crippen LogP contribution in [-0.4, -0.2) is 57.6 Å². The van der Waals surface area contributed by atoms with Gasteiger partial charge >= 0.3 is 18.0 Å². The Bertz CT molecular complexity index is 1750. The number of carbonyl (C=O) groups is 2. The third-order valence-electron chi connectivity index (χ3n) is 7.34. The van der Waals surface area contributed by atoms with Crippen LogP contribution in [0.2, 0.25) is 0 Å². The zero-order chi connectivity index (χ0) is 35.1. The lowest BCUT2D eigenvalue weighted by molar-refractivity contribution is -0.202. The first-order valence-corrected chi connectivity index (χ1v) is 14.5. The van der Waals surface area contributed by atoms with E-state index < -0.39 is 60.2 Å². The number of aromatic nitrogens is 4. The standard InChI is InChI=1S/C32H31F6N5O5/c1-21-4-8-23(9-5-21)27(44)18-30(32(36,37)38,24-10-14-26(15-11-24)48-17-3-16-31(33,34)35)39-28(45)20-43-29(46)42(40-41-43)19-22-6-12-25(47-2)13-7-22/h4-15H,3,16-20H2,1-2H3,(H,39,45). The number of rotatable bonds is 14. The van der Waals surface area contributed by atoms with E-state index in [1.54, 1.807) is 43.3 Å². The molecule has 4 rings (SSSR count). The molecule has 3 aromatic carbocycles. The second-order valence-electron chi connectivity index (χ2n) is 10.9. The van der Waals surface area contributed by atoms with Crippen molar-refractivity contribution in [2.24, 2.45) is 0 Å². The predicted molar refractivity (Wildman–Crippen MR) is 160 cm³/mol. The normalized spacial score (nSPS) is 13.1. The minimum Gasteiger partial charge on any atom is -0.497 e. The quantitative estimate of drug-likeness (QED) is 0.108. The van der Waals surface area contributed by atoms with E-state index in [0.717, 1.165) is 34.5 Å². The highest BCUT2D eigenvalue weighted by atomic mass is 19.4. The SMILES string of the molecule is COc1ccc(Cn2nnn(CC(=O)NC(CC(=O)c3ccc(C)cc3)(c3ccc(OCCCC(F)(F)F)cc3)C(F)(F)F)c2=O)cc1. The monoisotopic (exact) mass is 679 g/mol. The van der Waals surface area contributed by atoms with E-state index in [1.165, 1.54) is 19.2 Å². The van der Waals surface area contributed by atoms with Gasteiger partial charge in [-0.25, -0.2) is 4.79 Å². The molecule has 48 heavy (non-hydrogen) atoms. The molecule has 1 heterocycles. The van der Waals surface area contributed by atoms with Crippen LogP contribution in [0.3, 0.4) is 0 Å². The molecule has 0 aliphatic carbocycles. The van der Waals surface area contributed by atoms with Crippen LogP contribution in [0.15, 0.2) is 77.6 Å². The van der Waals surface area contributed by atoms with Gasteiger partial charge in [0.1, 0.15) is 18.0 Å². The Morgan fingerprint density at radius 1 is 0.833 bits per heavy atom. The Morgan fingerprint density at radius 3 is 2.02 bits per heavy atom. The highest BCUT2D eigenvalue weighted by Crippen LogP contribution is 2.43. The molecule has 16 heteroatoms. The molecule has 1 unspecified atom stereocenters. The van der Waals surface area contributed by atoms with E-state index in [0.29, 0.717) is 16.0 Å². The predicted octanol–water partition coefficient (Wildman–Crippen LogP) is 5.37. The molecular formula is C32H31F6N5O5. The molecule has 0 saturated heterocycles. The third kappa shape index (κ3) is 9.01. The van der Waals surface area contributed by atoms with Crippen LogP contribution >= 0.6 is 0 Å². The summed E-state index contributed by atoms with van der Waals surface area (Å²) in [6.45, 7) is 0.376. The van der Waals surface area contributed by atoms with E-state index in [1.807, 2.05) is 5.32 Å². The Balaban J connectivity index is 1.61. The number of nitrogens with zero attached hydrogens (tertiary/aromatic N) is 4. The molecule has 0 radical (unpaired) electrons. The molecule has 0 fully saturated rings. The van der Waals surface area contributed by atoms with Gasteiger partial charge in [0, 0.05) is 18.4 Å². The van der Waals surface area contributed by atoms with Gasteiger partial charge in [-0.05, 0) is 59.2 Å². The van der Waals surface area contributed by atoms with Gasteiger partial charge in [-0.1, -0.05) is 54.1 Å². The number of tetrazole rings is 1. The maximum absolute atomic E-state index is 15.1. The van der Waals surface area contributed by atoms with Crippen LogP contribution in [-0.2, 0) is 23.4 Å². The number of hydrogen-bond donors (Lipinski definition) is 1. The number of halogens is 6. The molecule has 1 amide bonds. The fourth-order valence-corrected chi connectivity index (χ4v) is 4.76. The van der Waals surface area contributed by atoms with Crippen LogP contribution in [0, 0.1) is 6.92 Å². The summed E-state index contributed by atoms with van der Waals surface area (Å²) in [5, 5.41) is 9.27. The van der Waals surface area contributed by atoms with Gasteiger partial charge in [-0.2, -0.15) is 35.7 Å². The van der Waals surface area contributed by atoms with Crippen LogP contribution < -0.4 is 20.5 Å². The first-order valence-electron chi connectivity index (χ1n) is 14.5. The van der Waals surface area contributed by atoms with Gasteiger partial charge in [-0.3, -0.25) is 9.59 Å². The van der Waals surface area contributed by atoms with Crippen molar-refractivity contribution in [2.45, 2.75) is 57.2 Å². The fourth-order valence-electron chi connectivity index (χ4n) is 4.76. The summed E-state index contributed by atoms with van der Waals surface area (Å²) in [5.41, 5.74) is -3.36. The minimum atomic E-state index is -5.25. The van der Waals surface area contributed by atoms with Crippen LogP contribution in [0.25, 0.3) is 0 Å². The zero-order valence-corrected chi connectivity index (χ0v) is 25.8. The maximum atomic E-state index is 15.1. The molecule has 0 spiro atoms. The molecule has 0 saturated carbocycles. The summed E-state index contributed by atoms with van der Waals surface area (Å²) >= 11 is 0. The molecule has 1 N–H and O–H groups in total. The van der Waals surface area contributed by atoms with Crippen molar-refractivity contribution < 1.29 is 45.4 Å². The van der Waals surface area contributed by atoms with Crippen molar-refractivity contribution in [3.8, 4) is 11.5 Å². The van der Waals surface area contributed by atoms with Crippen molar-refractivity contribution >= 4 is 11.7 Å². The molecule has 1 aromatic heterocycles. The number of alkyl halides is 6. The molecule has 0 aliphatic heterocycles. The number of ether oxygens (including phenoxy) is 2. The Labute approximate surface area is 270 Å². The highest BCUT2D eigenvalue weighted by molar-refractivity contribution is 5.97. The topological polar surface area (TPSA) is 117 Å². The van der Waals surface area contributed by atoms with Crippen molar-refractivity contribution in [3.63, 3.8) is 0 Å². The van der Waals surface area contributed by atoms with E-state index in [2.05, 4.69) is 10.4 Å². The minimum absolute atomic E-state index is 0.0202. The van der Waals surface area contributed by atoms with Crippen molar-refractivity contribution in [1.29, 1.82) is 0 Å². The number of benzene rings is 3. The van der Waals surface area contributed by atoms with Gasteiger partial charge in [-0.15, -0.1) is 0 Å².